The first-order chi connectivity index (χ1) is 12.0. The Morgan fingerprint density at radius 2 is 2.16 bits per heavy atom. The van der Waals surface area contributed by atoms with Crippen molar-refractivity contribution in [1.29, 1.82) is 0 Å². The number of benzene rings is 1. The summed E-state index contributed by atoms with van der Waals surface area (Å²) in [6.07, 6.45) is 6.42. The topological polar surface area (TPSA) is 52.7 Å². The van der Waals surface area contributed by atoms with Gasteiger partial charge in [-0.15, -0.1) is 6.42 Å². The molecular weight excluding hydrogens is 338 g/mol. The van der Waals surface area contributed by atoms with E-state index in [0.29, 0.717) is 42.2 Å². The predicted octanol–water partition coefficient (Wildman–Crippen LogP) is 2.11. The van der Waals surface area contributed by atoms with E-state index in [-0.39, 0.29) is 12.5 Å². The molecule has 0 aromatic heterocycles. The molecule has 2 rings (SSSR count). The number of rotatable bonds is 6. The highest BCUT2D eigenvalue weighted by Crippen LogP contribution is 2.26. The fourth-order valence-corrected chi connectivity index (χ4v) is 2.81. The molecule has 1 aliphatic rings. The highest BCUT2D eigenvalue weighted by molar-refractivity contribution is 6.30. The van der Waals surface area contributed by atoms with Gasteiger partial charge in [0.05, 0.1) is 18.7 Å². The summed E-state index contributed by atoms with van der Waals surface area (Å²) in [6, 6.07) is 7.38. The third kappa shape index (κ3) is 4.43. The Kier molecular flexibility index (Phi) is 6.26. The number of hydrogen-bond acceptors (Lipinski definition) is 3. The van der Waals surface area contributed by atoms with Gasteiger partial charge in [0.25, 0.3) is 5.91 Å². The van der Waals surface area contributed by atoms with E-state index in [2.05, 4.69) is 17.8 Å². The summed E-state index contributed by atoms with van der Waals surface area (Å²) in [5, 5.41) is 3.30. The van der Waals surface area contributed by atoms with Crippen LogP contribution in [0.2, 0.25) is 5.02 Å². The van der Waals surface area contributed by atoms with Crippen LogP contribution in [0.3, 0.4) is 0 Å². The van der Waals surface area contributed by atoms with Gasteiger partial charge in [0.1, 0.15) is 0 Å². The zero-order valence-corrected chi connectivity index (χ0v) is 14.8. The minimum Gasteiger partial charge on any atom is -0.367 e. The Bertz CT molecular complexity index is 747. The summed E-state index contributed by atoms with van der Waals surface area (Å²) in [7, 11) is 1.64. The van der Waals surface area contributed by atoms with Crippen molar-refractivity contribution in [2.24, 2.45) is 0 Å². The third-order valence-electron chi connectivity index (χ3n) is 4.07. The van der Waals surface area contributed by atoms with E-state index in [1.807, 2.05) is 17.0 Å². The molecule has 1 aliphatic heterocycles. The molecule has 0 spiro atoms. The van der Waals surface area contributed by atoms with E-state index in [4.69, 9.17) is 18.0 Å². The van der Waals surface area contributed by atoms with Crippen LogP contribution < -0.4 is 5.32 Å². The van der Waals surface area contributed by atoms with Gasteiger partial charge in [0, 0.05) is 36.4 Å². The Balaban J connectivity index is 2.24. The number of halogens is 1. The number of carbonyl (C=O) groups is 2. The molecule has 6 heteroatoms. The summed E-state index contributed by atoms with van der Waals surface area (Å²) in [5.41, 5.74) is 2.88. The van der Waals surface area contributed by atoms with E-state index in [0.717, 1.165) is 11.3 Å². The van der Waals surface area contributed by atoms with Gasteiger partial charge >= 0.3 is 0 Å². The van der Waals surface area contributed by atoms with Crippen LogP contribution >= 0.6 is 11.6 Å². The SMILES string of the molecule is C#CCN(C)C(=O)C1=C(NC=O)CCN(C(=C)c2ccc(Cl)cc2)C1. The van der Waals surface area contributed by atoms with Crippen molar-refractivity contribution in [3.05, 3.63) is 52.7 Å². The molecule has 0 saturated carbocycles. The number of likely N-dealkylation sites (N-methyl/N-ethyl adjacent to an activating group) is 1. The van der Waals surface area contributed by atoms with Gasteiger partial charge in [-0.05, 0) is 17.7 Å². The molecule has 1 N–H and O–H groups in total. The first-order valence-electron chi connectivity index (χ1n) is 7.78. The molecular formula is C19H20ClN3O2. The highest BCUT2D eigenvalue weighted by atomic mass is 35.5. The maximum absolute atomic E-state index is 12.7. The average molecular weight is 358 g/mol. The number of hydrogen-bond donors (Lipinski definition) is 1. The average Bonchev–Trinajstić information content (AvgIpc) is 2.62. The largest absolute Gasteiger partial charge is 0.367 e. The molecule has 1 aromatic rings. The van der Waals surface area contributed by atoms with E-state index >= 15 is 0 Å². The lowest BCUT2D eigenvalue weighted by Crippen LogP contribution is -2.40. The second kappa shape index (κ2) is 8.41. The predicted molar refractivity (Wildman–Crippen MR) is 99.4 cm³/mol. The van der Waals surface area contributed by atoms with Crippen LogP contribution in [0.4, 0.5) is 0 Å². The highest BCUT2D eigenvalue weighted by Gasteiger charge is 2.26. The third-order valence-corrected chi connectivity index (χ3v) is 4.32. The van der Waals surface area contributed by atoms with Crippen LogP contribution in [-0.2, 0) is 9.59 Å². The molecule has 5 nitrogen and oxygen atoms in total. The maximum atomic E-state index is 12.7. The van der Waals surface area contributed by atoms with Gasteiger partial charge in [-0.25, -0.2) is 0 Å². The normalized spacial score (nSPS) is 13.9. The molecule has 0 saturated heterocycles. The first-order valence-corrected chi connectivity index (χ1v) is 8.16. The second-order valence-electron chi connectivity index (χ2n) is 5.71. The number of nitrogens with one attached hydrogen (secondary N) is 1. The van der Waals surface area contributed by atoms with E-state index in [9.17, 15) is 9.59 Å². The molecule has 0 fully saturated rings. The van der Waals surface area contributed by atoms with Gasteiger partial charge in [0.2, 0.25) is 6.41 Å². The molecule has 1 heterocycles. The molecule has 1 aromatic carbocycles. The van der Waals surface area contributed by atoms with Crippen molar-refractivity contribution < 1.29 is 9.59 Å². The lowest BCUT2D eigenvalue weighted by Gasteiger charge is -2.34. The first kappa shape index (κ1) is 18.6. The van der Waals surface area contributed by atoms with E-state index in [1.54, 1.807) is 19.2 Å². The Morgan fingerprint density at radius 1 is 1.48 bits per heavy atom. The van der Waals surface area contributed by atoms with Crippen molar-refractivity contribution in [3.8, 4) is 12.3 Å². The van der Waals surface area contributed by atoms with Crippen LogP contribution in [0.1, 0.15) is 12.0 Å². The lowest BCUT2D eigenvalue weighted by molar-refractivity contribution is -0.125. The molecule has 2 amide bonds. The molecule has 0 unspecified atom stereocenters. The molecule has 0 bridgehead atoms. The van der Waals surface area contributed by atoms with Crippen molar-refractivity contribution >= 4 is 29.6 Å². The zero-order valence-electron chi connectivity index (χ0n) is 14.1. The zero-order chi connectivity index (χ0) is 18.4. The molecule has 0 atom stereocenters. The molecule has 25 heavy (non-hydrogen) atoms. The fraction of sp³-hybridized carbons (Fsp3) is 0.263. The number of nitrogens with zero attached hydrogens (tertiary/aromatic N) is 2. The fourth-order valence-electron chi connectivity index (χ4n) is 2.68. The minimum atomic E-state index is -0.198. The van der Waals surface area contributed by atoms with E-state index < -0.39 is 0 Å². The Morgan fingerprint density at radius 3 is 2.76 bits per heavy atom. The van der Waals surface area contributed by atoms with Gasteiger partial charge in [-0.2, -0.15) is 0 Å². The standard InChI is InChI=1S/C19H20ClN3O2/c1-4-10-22(3)19(25)17-12-23(11-9-18(17)21-13-24)14(2)15-5-7-16(20)8-6-15/h1,5-8,13H,2,9-12H2,3H3,(H,21,24). The number of terminal acetylenes is 1. The smallest absolute Gasteiger partial charge is 0.253 e. The van der Waals surface area contributed by atoms with Crippen LogP contribution in [0.25, 0.3) is 5.70 Å². The van der Waals surface area contributed by atoms with E-state index in [1.165, 1.54) is 4.90 Å². The van der Waals surface area contributed by atoms with Crippen molar-refractivity contribution in [2.75, 3.05) is 26.7 Å². The summed E-state index contributed by atoms with van der Waals surface area (Å²) >= 11 is 5.93. The summed E-state index contributed by atoms with van der Waals surface area (Å²) in [5.74, 6) is 2.25. The van der Waals surface area contributed by atoms with Crippen molar-refractivity contribution in [2.45, 2.75) is 6.42 Å². The molecule has 0 radical (unpaired) electrons. The van der Waals surface area contributed by atoms with Crippen LogP contribution in [-0.4, -0.2) is 48.8 Å². The van der Waals surface area contributed by atoms with Gasteiger partial charge in [-0.1, -0.05) is 36.2 Å². The second-order valence-corrected chi connectivity index (χ2v) is 6.15. The van der Waals surface area contributed by atoms with Crippen molar-refractivity contribution in [1.82, 2.24) is 15.1 Å². The van der Waals surface area contributed by atoms with Crippen LogP contribution in [0.15, 0.2) is 42.1 Å². The number of amides is 2. The van der Waals surface area contributed by atoms with Gasteiger partial charge in [-0.3, -0.25) is 9.59 Å². The lowest BCUT2D eigenvalue weighted by atomic mass is 10.0. The van der Waals surface area contributed by atoms with Gasteiger partial charge in [0.15, 0.2) is 0 Å². The minimum absolute atomic E-state index is 0.198. The Hall–Kier alpha value is -2.71. The Labute approximate surface area is 152 Å². The van der Waals surface area contributed by atoms with Crippen molar-refractivity contribution in [3.63, 3.8) is 0 Å². The van der Waals surface area contributed by atoms with Crippen LogP contribution in [0, 0.1) is 12.3 Å². The maximum Gasteiger partial charge on any atom is 0.253 e. The van der Waals surface area contributed by atoms with Gasteiger partial charge < -0.3 is 15.1 Å². The molecule has 0 aliphatic carbocycles. The summed E-state index contributed by atoms with van der Waals surface area (Å²) < 4.78 is 0. The quantitative estimate of drug-likeness (QED) is 0.626. The summed E-state index contributed by atoms with van der Waals surface area (Å²) in [6.45, 7) is 5.34. The monoisotopic (exact) mass is 357 g/mol. The summed E-state index contributed by atoms with van der Waals surface area (Å²) in [4.78, 5) is 27.0. The number of carbonyl (C=O) groups excluding carboxylic acids is 2. The molecule has 130 valence electrons. The van der Waals surface area contributed by atoms with Crippen LogP contribution in [0.5, 0.6) is 0 Å².